The van der Waals surface area contributed by atoms with Crippen LogP contribution in [0.5, 0.6) is 0 Å². The zero-order valence-corrected chi connectivity index (χ0v) is 13.1. The number of halogens is 1. The van der Waals surface area contributed by atoms with Crippen LogP contribution in [0.15, 0.2) is 53.4 Å². The van der Waals surface area contributed by atoms with Gasteiger partial charge in [0.2, 0.25) is 10.0 Å². The highest BCUT2D eigenvalue weighted by molar-refractivity contribution is 7.89. The number of nitro groups is 1. The van der Waals surface area contributed by atoms with E-state index in [0.29, 0.717) is 5.56 Å². The van der Waals surface area contributed by atoms with Crippen LogP contribution in [0.1, 0.15) is 17.3 Å². The molecule has 1 atom stereocenters. The van der Waals surface area contributed by atoms with Crippen molar-refractivity contribution in [2.45, 2.75) is 18.0 Å². The Morgan fingerprint density at radius 2 is 1.78 bits per heavy atom. The minimum absolute atomic E-state index is 0.334. The smallest absolute Gasteiger partial charge is 0.258 e. The summed E-state index contributed by atoms with van der Waals surface area (Å²) in [5, 5.41) is 10.9. The SMILES string of the molecule is Cc1ccc(C(F)CNS(=O)(=O)c2ccccc2[N+](=O)[O-])cc1. The Morgan fingerprint density at radius 3 is 2.39 bits per heavy atom. The van der Waals surface area contributed by atoms with Crippen molar-refractivity contribution in [3.63, 3.8) is 0 Å². The molecule has 0 heterocycles. The maximum Gasteiger partial charge on any atom is 0.289 e. The van der Waals surface area contributed by atoms with E-state index in [9.17, 15) is 22.9 Å². The Labute approximate surface area is 133 Å². The van der Waals surface area contributed by atoms with Gasteiger partial charge < -0.3 is 0 Å². The molecule has 0 spiro atoms. The van der Waals surface area contributed by atoms with E-state index in [1.807, 2.05) is 6.92 Å². The number of para-hydroxylation sites is 1. The van der Waals surface area contributed by atoms with Crippen LogP contribution in [-0.2, 0) is 10.0 Å². The number of nitrogens with zero attached hydrogens (tertiary/aromatic N) is 1. The highest BCUT2D eigenvalue weighted by atomic mass is 32.2. The van der Waals surface area contributed by atoms with Crippen molar-refractivity contribution < 1.29 is 17.7 Å². The minimum Gasteiger partial charge on any atom is -0.258 e. The largest absolute Gasteiger partial charge is 0.289 e. The summed E-state index contributed by atoms with van der Waals surface area (Å²) >= 11 is 0. The summed E-state index contributed by atoms with van der Waals surface area (Å²) < 4.78 is 40.5. The zero-order valence-electron chi connectivity index (χ0n) is 12.3. The van der Waals surface area contributed by atoms with Gasteiger partial charge in [0.15, 0.2) is 4.90 Å². The standard InChI is InChI=1S/C15H15FN2O4S/c1-11-6-8-12(9-7-11)13(16)10-17-23(21,22)15-5-3-2-4-14(15)18(19)20/h2-9,13,17H,10H2,1H3. The third-order valence-corrected chi connectivity index (χ3v) is 4.71. The molecule has 8 heteroatoms. The molecule has 0 aliphatic rings. The molecule has 1 unspecified atom stereocenters. The van der Waals surface area contributed by atoms with Gasteiger partial charge in [-0.05, 0) is 18.6 Å². The lowest BCUT2D eigenvalue weighted by Crippen LogP contribution is -2.28. The first kappa shape index (κ1) is 17.0. The second-order valence-corrected chi connectivity index (χ2v) is 6.69. The lowest BCUT2D eigenvalue weighted by molar-refractivity contribution is -0.387. The highest BCUT2D eigenvalue weighted by Gasteiger charge is 2.25. The Kier molecular flexibility index (Phi) is 5.07. The molecule has 2 aromatic rings. The van der Waals surface area contributed by atoms with Gasteiger partial charge >= 0.3 is 0 Å². The van der Waals surface area contributed by atoms with E-state index in [-0.39, 0.29) is 0 Å². The van der Waals surface area contributed by atoms with Crippen LogP contribution in [0.3, 0.4) is 0 Å². The third-order valence-electron chi connectivity index (χ3n) is 3.24. The Morgan fingerprint density at radius 1 is 1.17 bits per heavy atom. The fourth-order valence-electron chi connectivity index (χ4n) is 1.99. The molecule has 0 bridgehead atoms. The summed E-state index contributed by atoms with van der Waals surface area (Å²) in [6, 6.07) is 11.5. The van der Waals surface area contributed by atoms with Gasteiger partial charge in [0.05, 0.1) is 4.92 Å². The molecule has 0 saturated carbocycles. The quantitative estimate of drug-likeness (QED) is 0.648. The fourth-order valence-corrected chi connectivity index (χ4v) is 3.19. The molecular weight excluding hydrogens is 323 g/mol. The summed E-state index contributed by atoms with van der Waals surface area (Å²) in [6.45, 7) is 1.35. The van der Waals surface area contributed by atoms with E-state index in [1.165, 1.54) is 12.1 Å². The average molecular weight is 338 g/mol. The lowest BCUT2D eigenvalue weighted by Gasteiger charge is -2.11. The lowest BCUT2D eigenvalue weighted by atomic mass is 10.1. The van der Waals surface area contributed by atoms with Crippen LogP contribution in [0.2, 0.25) is 0 Å². The van der Waals surface area contributed by atoms with Crippen molar-refractivity contribution in [2.24, 2.45) is 0 Å². The topological polar surface area (TPSA) is 89.3 Å². The number of alkyl halides is 1. The highest BCUT2D eigenvalue weighted by Crippen LogP contribution is 2.24. The number of rotatable bonds is 6. The molecule has 0 saturated heterocycles. The summed E-state index contributed by atoms with van der Waals surface area (Å²) in [6.07, 6.45) is -1.55. The Balaban J connectivity index is 2.16. The van der Waals surface area contributed by atoms with Crippen molar-refractivity contribution in [1.82, 2.24) is 4.72 Å². The summed E-state index contributed by atoms with van der Waals surface area (Å²) in [7, 11) is -4.18. The van der Waals surface area contributed by atoms with Gasteiger partial charge in [-0.1, -0.05) is 42.0 Å². The van der Waals surface area contributed by atoms with Crippen LogP contribution in [0.4, 0.5) is 10.1 Å². The number of sulfonamides is 1. The van der Waals surface area contributed by atoms with Gasteiger partial charge in [-0.25, -0.2) is 17.5 Å². The van der Waals surface area contributed by atoms with Crippen molar-refractivity contribution >= 4 is 15.7 Å². The minimum atomic E-state index is -4.18. The normalized spacial score (nSPS) is 12.8. The third kappa shape index (κ3) is 4.11. The van der Waals surface area contributed by atoms with E-state index in [1.54, 1.807) is 24.3 Å². The number of benzene rings is 2. The number of nitro benzene ring substituents is 1. The molecule has 0 fully saturated rings. The van der Waals surface area contributed by atoms with E-state index < -0.39 is 38.2 Å². The molecule has 2 aromatic carbocycles. The first-order chi connectivity index (χ1) is 10.8. The molecule has 0 aliphatic heterocycles. The predicted octanol–water partition coefficient (Wildman–Crippen LogP) is 2.89. The van der Waals surface area contributed by atoms with Gasteiger partial charge in [0, 0.05) is 12.6 Å². The van der Waals surface area contributed by atoms with Gasteiger partial charge in [0.1, 0.15) is 6.17 Å². The molecule has 6 nitrogen and oxygen atoms in total. The maximum atomic E-state index is 14.1. The maximum absolute atomic E-state index is 14.1. The van der Waals surface area contributed by atoms with E-state index in [2.05, 4.69) is 4.72 Å². The monoisotopic (exact) mass is 338 g/mol. The summed E-state index contributed by atoms with van der Waals surface area (Å²) in [5.74, 6) is 0. The van der Waals surface area contributed by atoms with Crippen LogP contribution >= 0.6 is 0 Å². The van der Waals surface area contributed by atoms with Gasteiger partial charge in [0.25, 0.3) is 5.69 Å². The second-order valence-electron chi connectivity index (χ2n) is 4.95. The van der Waals surface area contributed by atoms with Crippen molar-refractivity contribution in [1.29, 1.82) is 0 Å². The average Bonchev–Trinajstić information content (AvgIpc) is 2.53. The van der Waals surface area contributed by atoms with Crippen molar-refractivity contribution in [3.8, 4) is 0 Å². The van der Waals surface area contributed by atoms with E-state index in [4.69, 9.17) is 0 Å². The van der Waals surface area contributed by atoms with Gasteiger partial charge in [-0.15, -0.1) is 0 Å². The number of hydrogen-bond donors (Lipinski definition) is 1. The molecule has 122 valence electrons. The number of nitrogens with one attached hydrogen (secondary N) is 1. The molecular formula is C15H15FN2O4S. The molecule has 0 radical (unpaired) electrons. The molecule has 1 N–H and O–H groups in total. The van der Waals surface area contributed by atoms with Crippen molar-refractivity contribution in [3.05, 3.63) is 69.8 Å². The van der Waals surface area contributed by atoms with Crippen LogP contribution in [-0.4, -0.2) is 19.9 Å². The molecule has 2 rings (SSSR count). The molecule has 0 aliphatic carbocycles. The first-order valence-electron chi connectivity index (χ1n) is 6.75. The summed E-state index contributed by atoms with van der Waals surface area (Å²) in [5.41, 5.74) is 0.744. The van der Waals surface area contributed by atoms with Gasteiger partial charge in [-0.2, -0.15) is 0 Å². The molecule has 0 amide bonds. The fraction of sp³-hybridized carbons (Fsp3) is 0.200. The second kappa shape index (κ2) is 6.84. The zero-order chi connectivity index (χ0) is 17.0. The van der Waals surface area contributed by atoms with Gasteiger partial charge in [-0.3, -0.25) is 10.1 Å². The Bertz CT molecular complexity index is 806. The predicted molar refractivity (Wildman–Crippen MR) is 83.3 cm³/mol. The van der Waals surface area contributed by atoms with Crippen LogP contribution in [0.25, 0.3) is 0 Å². The number of hydrogen-bond acceptors (Lipinski definition) is 4. The van der Waals surface area contributed by atoms with E-state index >= 15 is 0 Å². The molecule has 23 heavy (non-hydrogen) atoms. The van der Waals surface area contributed by atoms with Crippen LogP contribution in [0, 0.1) is 17.0 Å². The number of aryl methyl sites for hydroxylation is 1. The molecule has 0 aromatic heterocycles. The summed E-state index contributed by atoms with van der Waals surface area (Å²) in [4.78, 5) is 9.62. The van der Waals surface area contributed by atoms with E-state index in [0.717, 1.165) is 17.7 Å². The first-order valence-corrected chi connectivity index (χ1v) is 8.23. The van der Waals surface area contributed by atoms with Crippen LogP contribution < -0.4 is 4.72 Å². The Hall–Kier alpha value is -2.32. The van der Waals surface area contributed by atoms with Crippen molar-refractivity contribution in [2.75, 3.05) is 6.54 Å².